The molecule has 5 heteroatoms. The van der Waals surface area contributed by atoms with Gasteiger partial charge in [0.2, 0.25) is 0 Å². The maximum atomic E-state index is 10.8. The standard InChI is InChI=1S/C14H21N3O2/c1-10-9-13(3-4-14(10)17(18)19)16-7-5-12(6-8-16)11(2)15/h3-4,9,11-12H,5-8,15H2,1-2H3. The van der Waals surface area contributed by atoms with E-state index in [0.29, 0.717) is 5.92 Å². The molecule has 1 aromatic carbocycles. The first kappa shape index (κ1) is 13.8. The van der Waals surface area contributed by atoms with Crippen LogP contribution >= 0.6 is 0 Å². The van der Waals surface area contributed by atoms with E-state index < -0.39 is 0 Å². The fraction of sp³-hybridized carbons (Fsp3) is 0.571. The van der Waals surface area contributed by atoms with Gasteiger partial charge in [0, 0.05) is 36.4 Å². The van der Waals surface area contributed by atoms with Gasteiger partial charge in [-0.05, 0) is 44.7 Å². The zero-order chi connectivity index (χ0) is 14.0. The topological polar surface area (TPSA) is 72.4 Å². The van der Waals surface area contributed by atoms with Crippen LogP contribution in [0.2, 0.25) is 0 Å². The highest BCUT2D eigenvalue weighted by Gasteiger charge is 2.22. The molecule has 1 heterocycles. The van der Waals surface area contributed by atoms with E-state index in [1.165, 1.54) is 0 Å². The molecule has 0 saturated carbocycles. The van der Waals surface area contributed by atoms with Crippen LogP contribution in [0.15, 0.2) is 18.2 Å². The van der Waals surface area contributed by atoms with E-state index in [0.717, 1.165) is 37.2 Å². The van der Waals surface area contributed by atoms with Crippen LogP contribution in [-0.2, 0) is 0 Å². The molecule has 1 aliphatic heterocycles. The average Bonchev–Trinajstić information content (AvgIpc) is 2.38. The van der Waals surface area contributed by atoms with Crippen molar-refractivity contribution in [2.45, 2.75) is 32.7 Å². The molecule has 19 heavy (non-hydrogen) atoms. The highest BCUT2D eigenvalue weighted by molar-refractivity contribution is 5.55. The van der Waals surface area contributed by atoms with Crippen LogP contribution in [-0.4, -0.2) is 24.1 Å². The summed E-state index contributed by atoms with van der Waals surface area (Å²) in [7, 11) is 0. The second-order valence-corrected chi connectivity index (χ2v) is 5.41. The molecular weight excluding hydrogens is 242 g/mol. The van der Waals surface area contributed by atoms with Gasteiger partial charge >= 0.3 is 0 Å². The number of nitro benzene ring substituents is 1. The van der Waals surface area contributed by atoms with Crippen LogP contribution in [0.4, 0.5) is 11.4 Å². The largest absolute Gasteiger partial charge is 0.371 e. The van der Waals surface area contributed by atoms with Crippen LogP contribution in [0.3, 0.4) is 0 Å². The molecule has 0 amide bonds. The smallest absolute Gasteiger partial charge is 0.272 e. The SMILES string of the molecule is Cc1cc(N2CCC(C(C)N)CC2)ccc1[N+](=O)[O-]. The summed E-state index contributed by atoms with van der Waals surface area (Å²) in [6, 6.07) is 5.60. The monoisotopic (exact) mass is 263 g/mol. The van der Waals surface area contributed by atoms with Gasteiger partial charge in [-0.25, -0.2) is 0 Å². The number of nitrogens with zero attached hydrogens (tertiary/aromatic N) is 2. The van der Waals surface area contributed by atoms with Crippen LogP contribution in [0.25, 0.3) is 0 Å². The van der Waals surface area contributed by atoms with Crippen molar-refractivity contribution >= 4 is 11.4 Å². The quantitative estimate of drug-likeness (QED) is 0.671. The fourth-order valence-electron chi connectivity index (χ4n) is 2.72. The van der Waals surface area contributed by atoms with Crippen molar-refractivity contribution in [1.29, 1.82) is 0 Å². The Morgan fingerprint density at radius 2 is 2.05 bits per heavy atom. The molecule has 1 fully saturated rings. The summed E-state index contributed by atoms with van der Waals surface area (Å²) in [6.07, 6.45) is 2.18. The third-order valence-corrected chi connectivity index (χ3v) is 4.03. The van der Waals surface area contributed by atoms with Crippen molar-refractivity contribution in [1.82, 2.24) is 0 Å². The molecule has 0 radical (unpaired) electrons. The lowest BCUT2D eigenvalue weighted by Crippen LogP contribution is -2.39. The van der Waals surface area contributed by atoms with Gasteiger partial charge in [0.25, 0.3) is 5.69 Å². The lowest BCUT2D eigenvalue weighted by atomic mass is 9.90. The molecular formula is C14H21N3O2. The first-order valence-corrected chi connectivity index (χ1v) is 6.74. The molecule has 2 rings (SSSR count). The van der Waals surface area contributed by atoms with Crippen molar-refractivity contribution in [3.8, 4) is 0 Å². The van der Waals surface area contributed by atoms with Crippen molar-refractivity contribution < 1.29 is 4.92 Å². The average molecular weight is 263 g/mol. The third-order valence-electron chi connectivity index (χ3n) is 4.03. The summed E-state index contributed by atoms with van der Waals surface area (Å²) in [4.78, 5) is 12.8. The van der Waals surface area contributed by atoms with Crippen molar-refractivity contribution in [3.63, 3.8) is 0 Å². The molecule has 104 valence electrons. The number of rotatable bonds is 3. The Labute approximate surface area is 113 Å². The molecule has 0 bridgehead atoms. The van der Waals surface area contributed by atoms with Crippen molar-refractivity contribution in [2.24, 2.45) is 11.7 Å². The minimum absolute atomic E-state index is 0.189. The van der Waals surface area contributed by atoms with Gasteiger partial charge in [-0.15, -0.1) is 0 Å². The number of nitrogens with two attached hydrogens (primary N) is 1. The van der Waals surface area contributed by atoms with E-state index in [4.69, 9.17) is 5.73 Å². The maximum Gasteiger partial charge on any atom is 0.272 e. The van der Waals surface area contributed by atoms with E-state index in [-0.39, 0.29) is 16.7 Å². The number of nitro groups is 1. The molecule has 0 aliphatic carbocycles. The van der Waals surface area contributed by atoms with Gasteiger partial charge < -0.3 is 10.6 Å². The normalized spacial score (nSPS) is 18.4. The summed E-state index contributed by atoms with van der Waals surface area (Å²) < 4.78 is 0. The van der Waals surface area contributed by atoms with Gasteiger partial charge in [-0.2, -0.15) is 0 Å². The van der Waals surface area contributed by atoms with Crippen LogP contribution in [0.1, 0.15) is 25.3 Å². The molecule has 0 aromatic heterocycles. The Hall–Kier alpha value is -1.62. The minimum atomic E-state index is -0.332. The van der Waals surface area contributed by atoms with Crippen molar-refractivity contribution in [2.75, 3.05) is 18.0 Å². The van der Waals surface area contributed by atoms with Gasteiger partial charge in [0.05, 0.1) is 4.92 Å². The fourth-order valence-corrected chi connectivity index (χ4v) is 2.72. The zero-order valence-corrected chi connectivity index (χ0v) is 11.5. The Kier molecular flexibility index (Phi) is 4.04. The second-order valence-electron chi connectivity index (χ2n) is 5.41. The summed E-state index contributed by atoms with van der Waals surface area (Å²) in [6.45, 7) is 5.81. The lowest BCUT2D eigenvalue weighted by molar-refractivity contribution is -0.385. The summed E-state index contributed by atoms with van der Waals surface area (Å²) in [5.41, 5.74) is 7.92. The molecule has 5 nitrogen and oxygen atoms in total. The highest BCUT2D eigenvalue weighted by atomic mass is 16.6. The van der Waals surface area contributed by atoms with Crippen molar-refractivity contribution in [3.05, 3.63) is 33.9 Å². The predicted molar refractivity (Wildman–Crippen MR) is 76.4 cm³/mol. The van der Waals surface area contributed by atoms with Gasteiger partial charge in [0.15, 0.2) is 0 Å². The Morgan fingerprint density at radius 1 is 1.42 bits per heavy atom. The van der Waals surface area contributed by atoms with E-state index in [1.54, 1.807) is 13.0 Å². The van der Waals surface area contributed by atoms with Gasteiger partial charge in [0.1, 0.15) is 0 Å². The third kappa shape index (κ3) is 3.04. The first-order chi connectivity index (χ1) is 8.99. The lowest BCUT2D eigenvalue weighted by Gasteiger charge is -2.35. The van der Waals surface area contributed by atoms with Crippen LogP contribution in [0.5, 0.6) is 0 Å². The molecule has 1 unspecified atom stereocenters. The molecule has 1 aromatic rings. The van der Waals surface area contributed by atoms with Gasteiger partial charge in [-0.3, -0.25) is 10.1 Å². The Balaban J connectivity index is 2.08. The maximum absolute atomic E-state index is 10.8. The van der Waals surface area contributed by atoms with Crippen LogP contribution in [0, 0.1) is 23.0 Å². The number of benzene rings is 1. The Bertz CT molecular complexity index is 466. The van der Waals surface area contributed by atoms with E-state index >= 15 is 0 Å². The number of hydrogen-bond acceptors (Lipinski definition) is 4. The molecule has 1 atom stereocenters. The Morgan fingerprint density at radius 3 is 2.53 bits per heavy atom. The number of piperidine rings is 1. The summed E-state index contributed by atoms with van der Waals surface area (Å²) in [5.74, 6) is 0.593. The predicted octanol–water partition coefficient (Wildman–Crippen LogP) is 2.47. The number of hydrogen-bond donors (Lipinski definition) is 1. The first-order valence-electron chi connectivity index (χ1n) is 6.74. The number of aryl methyl sites for hydroxylation is 1. The minimum Gasteiger partial charge on any atom is -0.371 e. The molecule has 1 aliphatic rings. The number of anilines is 1. The summed E-state index contributed by atoms with van der Waals surface area (Å²) in [5, 5.41) is 10.8. The zero-order valence-electron chi connectivity index (χ0n) is 11.5. The van der Waals surface area contributed by atoms with E-state index in [1.807, 2.05) is 12.1 Å². The van der Waals surface area contributed by atoms with Crippen LogP contribution < -0.4 is 10.6 Å². The second kappa shape index (κ2) is 5.57. The van der Waals surface area contributed by atoms with E-state index in [2.05, 4.69) is 11.8 Å². The van der Waals surface area contributed by atoms with Gasteiger partial charge in [-0.1, -0.05) is 0 Å². The summed E-state index contributed by atoms with van der Waals surface area (Å²) >= 11 is 0. The molecule has 2 N–H and O–H groups in total. The highest BCUT2D eigenvalue weighted by Crippen LogP contribution is 2.28. The van der Waals surface area contributed by atoms with E-state index in [9.17, 15) is 10.1 Å². The molecule has 0 spiro atoms. The molecule has 1 saturated heterocycles.